The number of amides is 1. The summed E-state index contributed by atoms with van der Waals surface area (Å²) in [7, 11) is 0. The van der Waals surface area contributed by atoms with Gasteiger partial charge < -0.3 is 15.5 Å². The molecular weight excluding hydrogens is 464 g/mol. The van der Waals surface area contributed by atoms with Crippen LogP contribution in [0, 0.1) is 13.8 Å². The number of rotatable bonds is 5. The van der Waals surface area contributed by atoms with E-state index < -0.39 is 0 Å². The Kier molecular flexibility index (Phi) is 5.89. The monoisotopic (exact) mass is 488 g/mol. The minimum absolute atomic E-state index is 0.103. The van der Waals surface area contributed by atoms with Crippen molar-refractivity contribution in [2.75, 3.05) is 10.2 Å². The summed E-state index contributed by atoms with van der Waals surface area (Å²) in [5, 5.41) is 9.89. The fraction of sp³-hybridized carbons (Fsp3) is 0.200. The summed E-state index contributed by atoms with van der Waals surface area (Å²) in [5.41, 5.74) is 5.99. The van der Waals surface area contributed by atoms with Crippen LogP contribution in [0.15, 0.2) is 66.3 Å². The summed E-state index contributed by atoms with van der Waals surface area (Å²) >= 11 is 7.45. The first kappa shape index (κ1) is 22.2. The van der Waals surface area contributed by atoms with Crippen molar-refractivity contribution in [1.29, 1.82) is 0 Å². The summed E-state index contributed by atoms with van der Waals surface area (Å²) in [6.07, 6.45) is 3.63. The van der Waals surface area contributed by atoms with Crippen LogP contribution in [0.2, 0.25) is 0 Å². The number of carbonyl (C=O) groups excluding carboxylic acids is 1. The fourth-order valence-electron chi connectivity index (χ4n) is 4.57. The van der Waals surface area contributed by atoms with Gasteiger partial charge in [-0.25, -0.2) is 4.98 Å². The molecule has 1 saturated heterocycles. The average molecular weight is 489 g/mol. The molecule has 3 aromatic heterocycles. The predicted molar refractivity (Wildman–Crippen MR) is 140 cm³/mol. The average Bonchev–Trinajstić information content (AvgIpc) is 3.52. The predicted octanol–water partition coefficient (Wildman–Crippen LogP) is 5.08. The quantitative estimate of drug-likeness (QED) is 0.382. The first-order valence-corrected chi connectivity index (χ1v) is 12.2. The number of anilines is 2. The van der Waals surface area contributed by atoms with Gasteiger partial charge in [0, 0.05) is 47.5 Å². The highest BCUT2D eigenvalue weighted by Gasteiger charge is 2.42. The molecule has 34 heavy (non-hydrogen) atoms. The second-order valence-corrected chi connectivity index (χ2v) is 9.46. The van der Waals surface area contributed by atoms with Crippen LogP contribution in [0.1, 0.15) is 41.7 Å². The van der Waals surface area contributed by atoms with E-state index in [0.717, 1.165) is 39.2 Å². The Balaban J connectivity index is 1.62. The molecule has 0 spiro atoms. The largest absolute Gasteiger partial charge is 0.351 e. The van der Waals surface area contributed by atoms with Gasteiger partial charge in [0.1, 0.15) is 0 Å². The van der Waals surface area contributed by atoms with Gasteiger partial charge >= 0.3 is 0 Å². The van der Waals surface area contributed by atoms with E-state index in [9.17, 15) is 4.79 Å². The summed E-state index contributed by atoms with van der Waals surface area (Å²) in [5.74, 6) is -0.103. The molecule has 7 nitrogen and oxygen atoms in total. The van der Waals surface area contributed by atoms with Crippen molar-refractivity contribution >= 4 is 45.9 Å². The SMILES string of the molecule is CC(=O)Nc1ccc(N2C(=S)NC(c3ccccn3)C2c2cc(C)n(-c3nccs3)c2C)cc1. The highest BCUT2D eigenvalue weighted by atomic mass is 32.1. The van der Waals surface area contributed by atoms with E-state index >= 15 is 0 Å². The van der Waals surface area contributed by atoms with Crippen molar-refractivity contribution in [1.82, 2.24) is 19.9 Å². The van der Waals surface area contributed by atoms with Crippen LogP contribution in [-0.4, -0.2) is 25.6 Å². The molecule has 2 N–H and O–H groups in total. The third-order valence-corrected chi connectivity index (χ3v) is 7.03. The van der Waals surface area contributed by atoms with E-state index in [-0.39, 0.29) is 18.0 Å². The Morgan fingerprint density at radius 1 is 1.12 bits per heavy atom. The van der Waals surface area contributed by atoms with Crippen molar-refractivity contribution in [3.63, 3.8) is 0 Å². The molecule has 4 aromatic rings. The van der Waals surface area contributed by atoms with Crippen LogP contribution in [0.3, 0.4) is 0 Å². The van der Waals surface area contributed by atoms with Crippen molar-refractivity contribution in [2.45, 2.75) is 32.9 Å². The van der Waals surface area contributed by atoms with Gasteiger partial charge in [0.15, 0.2) is 10.2 Å². The normalized spacial score (nSPS) is 17.6. The lowest BCUT2D eigenvalue weighted by molar-refractivity contribution is -0.114. The Morgan fingerprint density at radius 3 is 2.56 bits per heavy atom. The van der Waals surface area contributed by atoms with Gasteiger partial charge in [0.2, 0.25) is 5.91 Å². The van der Waals surface area contributed by atoms with Crippen LogP contribution in [0.5, 0.6) is 0 Å². The Bertz CT molecular complexity index is 1330. The molecule has 0 saturated carbocycles. The van der Waals surface area contributed by atoms with E-state index in [1.807, 2.05) is 54.0 Å². The molecule has 9 heteroatoms. The molecule has 4 heterocycles. The number of benzene rings is 1. The number of hydrogen-bond acceptors (Lipinski definition) is 5. The molecule has 1 aromatic carbocycles. The highest BCUT2D eigenvalue weighted by molar-refractivity contribution is 7.80. The second kappa shape index (κ2) is 9.00. The first-order chi connectivity index (χ1) is 16.4. The van der Waals surface area contributed by atoms with Crippen molar-refractivity contribution in [3.8, 4) is 5.13 Å². The number of pyridine rings is 1. The van der Waals surface area contributed by atoms with Crippen LogP contribution in [-0.2, 0) is 4.79 Å². The summed E-state index contributed by atoms with van der Waals surface area (Å²) in [6, 6.07) is 15.6. The topological polar surface area (TPSA) is 75.1 Å². The lowest BCUT2D eigenvalue weighted by Gasteiger charge is -2.28. The minimum atomic E-state index is -0.131. The molecule has 0 aliphatic carbocycles. The molecule has 2 unspecified atom stereocenters. The van der Waals surface area contributed by atoms with Gasteiger partial charge in [0.25, 0.3) is 0 Å². The van der Waals surface area contributed by atoms with Crippen LogP contribution in [0.25, 0.3) is 5.13 Å². The van der Waals surface area contributed by atoms with Crippen LogP contribution in [0.4, 0.5) is 11.4 Å². The number of hydrogen-bond donors (Lipinski definition) is 2. The Morgan fingerprint density at radius 2 is 1.91 bits per heavy atom. The molecule has 0 bridgehead atoms. The smallest absolute Gasteiger partial charge is 0.221 e. The van der Waals surface area contributed by atoms with Crippen LogP contribution < -0.4 is 15.5 Å². The summed E-state index contributed by atoms with van der Waals surface area (Å²) in [6.45, 7) is 5.72. The number of nitrogens with one attached hydrogen (secondary N) is 2. The van der Waals surface area contributed by atoms with E-state index in [2.05, 4.69) is 50.0 Å². The standard InChI is InChI=1S/C25H24N6OS2/c1-15-14-20(16(2)30(15)25-27-12-13-34-25)23-22(21-6-4-5-11-26-21)29-24(33)31(23)19-9-7-18(8-10-19)28-17(3)32/h4-14,22-23H,1-3H3,(H,28,32)(H,29,33). The molecule has 1 aliphatic rings. The number of aromatic nitrogens is 3. The number of aryl methyl sites for hydroxylation is 1. The molecule has 1 fully saturated rings. The number of nitrogens with zero attached hydrogens (tertiary/aromatic N) is 4. The van der Waals surface area contributed by atoms with Crippen molar-refractivity contribution in [2.24, 2.45) is 0 Å². The molecule has 2 atom stereocenters. The van der Waals surface area contributed by atoms with E-state index in [4.69, 9.17) is 12.2 Å². The van der Waals surface area contributed by atoms with E-state index in [1.54, 1.807) is 17.5 Å². The maximum absolute atomic E-state index is 11.4. The molecular formula is C25H24N6OS2. The van der Waals surface area contributed by atoms with Gasteiger partial charge in [-0.3, -0.25) is 14.3 Å². The first-order valence-electron chi connectivity index (χ1n) is 10.9. The number of carbonyl (C=O) groups is 1. The summed E-state index contributed by atoms with van der Waals surface area (Å²) < 4.78 is 2.19. The fourth-order valence-corrected chi connectivity index (χ4v) is 5.66. The van der Waals surface area contributed by atoms with Gasteiger partial charge in [-0.05, 0) is 74.1 Å². The zero-order valence-corrected chi connectivity index (χ0v) is 20.7. The third-order valence-electron chi connectivity index (χ3n) is 5.96. The number of thiocarbonyl (C=S) groups is 1. The maximum atomic E-state index is 11.4. The van der Waals surface area contributed by atoms with Crippen molar-refractivity contribution < 1.29 is 4.79 Å². The lowest BCUT2D eigenvalue weighted by atomic mass is 9.96. The van der Waals surface area contributed by atoms with Gasteiger partial charge in [0.05, 0.1) is 17.8 Å². The van der Waals surface area contributed by atoms with Gasteiger partial charge in [-0.15, -0.1) is 11.3 Å². The molecule has 1 amide bonds. The number of thiazole rings is 1. The molecule has 5 rings (SSSR count). The van der Waals surface area contributed by atoms with E-state index in [1.165, 1.54) is 6.92 Å². The maximum Gasteiger partial charge on any atom is 0.221 e. The summed E-state index contributed by atoms with van der Waals surface area (Å²) in [4.78, 5) is 22.8. The molecule has 0 radical (unpaired) electrons. The Hall–Kier alpha value is -3.56. The second-order valence-electron chi connectivity index (χ2n) is 8.20. The van der Waals surface area contributed by atoms with Crippen molar-refractivity contribution in [3.05, 3.63) is 88.9 Å². The third kappa shape index (κ3) is 3.97. The van der Waals surface area contributed by atoms with Crippen LogP contribution >= 0.6 is 23.6 Å². The minimum Gasteiger partial charge on any atom is -0.351 e. The zero-order valence-electron chi connectivity index (χ0n) is 19.0. The molecule has 172 valence electrons. The van der Waals surface area contributed by atoms with Gasteiger partial charge in [-0.1, -0.05) is 6.07 Å². The van der Waals surface area contributed by atoms with Gasteiger partial charge in [-0.2, -0.15) is 0 Å². The Labute approximate surface area is 207 Å². The van der Waals surface area contributed by atoms with E-state index in [0.29, 0.717) is 5.11 Å². The zero-order chi connectivity index (χ0) is 23.8. The lowest BCUT2D eigenvalue weighted by Crippen LogP contribution is -2.29. The highest BCUT2D eigenvalue weighted by Crippen LogP contribution is 2.44. The molecule has 1 aliphatic heterocycles.